The van der Waals surface area contributed by atoms with Gasteiger partial charge >= 0.3 is 6.18 Å². The number of nitrogens with one attached hydrogen (secondary N) is 2. The molecule has 144 valence electrons. The van der Waals surface area contributed by atoms with E-state index < -0.39 is 17.6 Å². The van der Waals surface area contributed by atoms with Gasteiger partial charge in [0.1, 0.15) is 23.6 Å². The molecule has 0 spiro atoms. The summed E-state index contributed by atoms with van der Waals surface area (Å²) < 4.78 is 44.4. The van der Waals surface area contributed by atoms with Crippen molar-refractivity contribution in [2.75, 3.05) is 17.7 Å². The van der Waals surface area contributed by atoms with Gasteiger partial charge in [-0.3, -0.25) is 4.79 Å². The van der Waals surface area contributed by atoms with Crippen LogP contribution >= 0.6 is 0 Å². The largest absolute Gasteiger partial charge is 0.497 e. The highest BCUT2D eigenvalue weighted by atomic mass is 19.4. The second kappa shape index (κ2) is 7.95. The fraction of sp³-hybridized carbons (Fsp3) is 0.105. The van der Waals surface area contributed by atoms with Crippen LogP contribution in [0.4, 0.5) is 30.4 Å². The lowest BCUT2D eigenvalue weighted by molar-refractivity contribution is -0.136. The predicted molar refractivity (Wildman–Crippen MR) is 97.7 cm³/mol. The molecule has 0 saturated carbocycles. The minimum Gasteiger partial charge on any atom is -0.497 e. The molecule has 1 aromatic heterocycles. The lowest BCUT2D eigenvalue weighted by Crippen LogP contribution is -2.14. The van der Waals surface area contributed by atoms with E-state index in [9.17, 15) is 18.0 Å². The number of hydrogen-bond donors (Lipinski definition) is 2. The molecule has 0 saturated heterocycles. The molecule has 0 unspecified atom stereocenters. The van der Waals surface area contributed by atoms with Crippen molar-refractivity contribution >= 4 is 23.1 Å². The number of ether oxygens (including phenoxy) is 1. The molecule has 0 aliphatic rings. The van der Waals surface area contributed by atoms with Gasteiger partial charge in [0.25, 0.3) is 5.91 Å². The van der Waals surface area contributed by atoms with E-state index in [0.717, 1.165) is 12.4 Å². The molecule has 3 rings (SSSR count). The number of halogens is 3. The van der Waals surface area contributed by atoms with E-state index in [1.54, 1.807) is 24.3 Å². The fourth-order valence-electron chi connectivity index (χ4n) is 2.40. The Morgan fingerprint density at radius 3 is 2.43 bits per heavy atom. The molecule has 2 aromatic carbocycles. The van der Waals surface area contributed by atoms with E-state index in [4.69, 9.17) is 4.74 Å². The molecule has 2 N–H and O–H groups in total. The minimum atomic E-state index is -4.52. The Kier molecular flexibility index (Phi) is 5.44. The maximum atomic E-state index is 13.1. The van der Waals surface area contributed by atoms with Crippen molar-refractivity contribution in [2.45, 2.75) is 6.18 Å². The van der Waals surface area contributed by atoms with Gasteiger partial charge in [-0.25, -0.2) is 9.97 Å². The van der Waals surface area contributed by atoms with Crippen LogP contribution < -0.4 is 15.4 Å². The molecular formula is C19H15F3N4O2. The fourth-order valence-corrected chi connectivity index (χ4v) is 2.40. The first-order valence-electron chi connectivity index (χ1n) is 8.07. The van der Waals surface area contributed by atoms with Gasteiger partial charge in [0, 0.05) is 11.8 Å². The number of carbonyl (C=O) groups is 1. The number of hydrogen-bond acceptors (Lipinski definition) is 5. The van der Waals surface area contributed by atoms with Gasteiger partial charge in [-0.1, -0.05) is 12.1 Å². The van der Waals surface area contributed by atoms with Crippen LogP contribution in [0.15, 0.2) is 60.9 Å². The number of anilines is 3. The zero-order valence-electron chi connectivity index (χ0n) is 14.6. The minimum absolute atomic E-state index is 0.00203. The number of benzene rings is 2. The van der Waals surface area contributed by atoms with Gasteiger partial charge in [0.05, 0.1) is 18.4 Å². The first-order chi connectivity index (χ1) is 13.4. The topological polar surface area (TPSA) is 76.1 Å². The van der Waals surface area contributed by atoms with Crippen LogP contribution in [-0.4, -0.2) is 23.0 Å². The summed E-state index contributed by atoms with van der Waals surface area (Å²) in [5.74, 6) is 0.168. The van der Waals surface area contributed by atoms with Crippen molar-refractivity contribution in [3.63, 3.8) is 0 Å². The van der Waals surface area contributed by atoms with Gasteiger partial charge in [0.15, 0.2) is 0 Å². The number of aromatic nitrogens is 2. The summed E-state index contributed by atoms with van der Waals surface area (Å²) in [6, 6.07) is 12.9. The third-order valence-corrected chi connectivity index (χ3v) is 3.74. The summed E-state index contributed by atoms with van der Waals surface area (Å²) in [6.07, 6.45) is -3.42. The molecule has 3 aromatic rings. The van der Waals surface area contributed by atoms with Crippen LogP contribution in [0.2, 0.25) is 0 Å². The Morgan fingerprint density at radius 2 is 1.75 bits per heavy atom. The molecule has 0 aliphatic heterocycles. The smallest absolute Gasteiger partial charge is 0.418 e. The van der Waals surface area contributed by atoms with E-state index in [1.807, 2.05) is 0 Å². The van der Waals surface area contributed by atoms with Crippen LogP contribution in [0.3, 0.4) is 0 Å². The Morgan fingerprint density at radius 1 is 1.04 bits per heavy atom. The van der Waals surface area contributed by atoms with E-state index in [0.29, 0.717) is 11.4 Å². The maximum absolute atomic E-state index is 13.1. The third-order valence-electron chi connectivity index (χ3n) is 3.74. The van der Waals surface area contributed by atoms with Crippen molar-refractivity contribution < 1.29 is 22.7 Å². The second-order valence-corrected chi connectivity index (χ2v) is 5.64. The first-order valence-corrected chi connectivity index (χ1v) is 8.07. The highest BCUT2D eigenvalue weighted by Crippen LogP contribution is 2.35. The Hall–Kier alpha value is -3.62. The van der Waals surface area contributed by atoms with Gasteiger partial charge in [-0.2, -0.15) is 13.2 Å². The van der Waals surface area contributed by atoms with Crippen molar-refractivity contribution in [2.24, 2.45) is 0 Å². The molecule has 0 atom stereocenters. The summed E-state index contributed by atoms with van der Waals surface area (Å²) >= 11 is 0. The number of carbonyl (C=O) groups excluding carboxylic acids is 1. The molecular weight excluding hydrogens is 373 g/mol. The van der Waals surface area contributed by atoms with E-state index >= 15 is 0 Å². The summed E-state index contributed by atoms with van der Waals surface area (Å²) in [4.78, 5) is 20.1. The Balaban J connectivity index is 1.78. The summed E-state index contributed by atoms with van der Waals surface area (Å²) in [6.45, 7) is 0. The van der Waals surface area contributed by atoms with Crippen LogP contribution in [0.25, 0.3) is 0 Å². The predicted octanol–water partition coefficient (Wildman–Crippen LogP) is 4.50. The Labute approximate surface area is 158 Å². The SMILES string of the molecule is COc1ccc(NC(=O)c2cc(Nc3ccccc3C(F)(F)F)ncn2)cc1. The molecule has 1 amide bonds. The van der Waals surface area contributed by atoms with Gasteiger partial charge in [-0.05, 0) is 36.4 Å². The van der Waals surface area contributed by atoms with Crippen molar-refractivity contribution in [3.05, 3.63) is 72.2 Å². The number of para-hydroxylation sites is 1. The number of amides is 1. The summed E-state index contributed by atoms with van der Waals surface area (Å²) in [5, 5.41) is 5.23. The number of alkyl halides is 3. The van der Waals surface area contributed by atoms with Gasteiger partial charge in [-0.15, -0.1) is 0 Å². The van der Waals surface area contributed by atoms with Gasteiger partial charge in [0.2, 0.25) is 0 Å². The van der Waals surface area contributed by atoms with Crippen LogP contribution in [0.5, 0.6) is 5.75 Å². The average molecular weight is 388 g/mol. The van der Waals surface area contributed by atoms with Crippen molar-refractivity contribution in [1.82, 2.24) is 9.97 Å². The van der Waals surface area contributed by atoms with Crippen LogP contribution in [-0.2, 0) is 6.18 Å². The molecule has 0 aliphatic carbocycles. The Bertz CT molecular complexity index is 975. The maximum Gasteiger partial charge on any atom is 0.418 e. The van der Waals surface area contributed by atoms with Crippen LogP contribution in [0, 0.1) is 0 Å². The van der Waals surface area contributed by atoms with E-state index in [2.05, 4.69) is 20.6 Å². The molecule has 9 heteroatoms. The van der Waals surface area contributed by atoms with E-state index in [1.165, 1.54) is 31.4 Å². The van der Waals surface area contributed by atoms with E-state index in [-0.39, 0.29) is 17.2 Å². The summed E-state index contributed by atoms with van der Waals surface area (Å²) in [7, 11) is 1.53. The average Bonchev–Trinajstić information content (AvgIpc) is 2.68. The second-order valence-electron chi connectivity index (χ2n) is 5.64. The quantitative estimate of drug-likeness (QED) is 0.673. The monoisotopic (exact) mass is 388 g/mol. The zero-order valence-corrected chi connectivity index (χ0v) is 14.6. The normalized spacial score (nSPS) is 11.0. The van der Waals surface area contributed by atoms with Gasteiger partial charge < -0.3 is 15.4 Å². The molecule has 0 radical (unpaired) electrons. The zero-order chi connectivity index (χ0) is 20.1. The lowest BCUT2D eigenvalue weighted by atomic mass is 10.1. The van der Waals surface area contributed by atoms with Crippen molar-refractivity contribution in [3.8, 4) is 5.75 Å². The molecule has 28 heavy (non-hydrogen) atoms. The molecule has 0 fully saturated rings. The number of nitrogens with zero attached hydrogens (tertiary/aromatic N) is 2. The highest BCUT2D eigenvalue weighted by Gasteiger charge is 2.33. The highest BCUT2D eigenvalue weighted by molar-refractivity contribution is 6.03. The van der Waals surface area contributed by atoms with Crippen LogP contribution in [0.1, 0.15) is 16.1 Å². The standard InChI is InChI=1S/C19H15F3N4O2/c1-28-13-8-6-12(7-9-13)25-18(27)16-10-17(24-11-23-16)26-15-5-3-2-4-14(15)19(20,21)22/h2-11H,1H3,(H,25,27)(H,23,24,26). The third kappa shape index (κ3) is 4.56. The lowest BCUT2D eigenvalue weighted by Gasteiger charge is -2.14. The molecule has 0 bridgehead atoms. The summed E-state index contributed by atoms with van der Waals surface area (Å²) in [5.41, 5.74) is -0.493. The number of rotatable bonds is 5. The van der Waals surface area contributed by atoms with Crippen molar-refractivity contribution in [1.29, 1.82) is 0 Å². The first kappa shape index (κ1) is 19.2. The number of methoxy groups -OCH3 is 1. The molecule has 6 nitrogen and oxygen atoms in total. The molecule has 1 heterocycles.